The summed E-state index contributed by atoms with van der Waals surface area (Å²) in [7, 11) is 0. The summed E-state index contributed by atoms with van der Waals surface area (Å²) in [6.45, 7) is 4.51. The lowest BCUT2D eigenvalue weighted by Gasteiger charge is -2.31. The van der Waals surface area contributed by atoms with Gasteiger partial charge in [0.2, 0.25) is 0 Å². The number of halogens is 3. The van der Waals surface area contributed by atoms with Crippen LogP contribution in [0.25, 0.3) is 0 Å². The molecule has 0 aromatic heterocycles. The number of amides is 1. The first kappa shape index (κ1) is 23.2. The smallest absolute Gasteiger partial charge is 0.466 e. The van der Waals surface area contributed by atoms with Crippen molar-refractivity contribution in [1.82, 2.24) is 5.32 Å². The minimum absolute atomic E-state index is 0.0634. The number of benzene rings is 1. The van der Waals surface area contributed by atoms with Crippen molar-refractivity contribution in [3.8, 4) is 5.75 Å². The van der Waals surface area contributed by atoms with Crippen LogP contribution in [0.1, 0.15) is 43.1 Å². The van der Waals surface area contributed by atoms with Gasteiger partial charge in [-0.25, -0.2) is 4.79 Å². The second-order valence-corrected chi connectivity index (χ2v) is 6.65. The number of alkyl halides is 3. The maximum absolute atomic E-state index is 12.9. The number of nitrogens with one attached hydrogen (secondary N) is 1. The van der Waals surface area contributed by atoms with Gasteiger partial charge in [0.05, 0.1) is 19.6 Å². The van der Waals surface area contributed by atoms with Gasteiger partial charge in [-0.05, 0) is 31.5 Å². The lowest BCUT2D eigenvalue weighted by Crippen LogP contribution is -2.52. The molecule has 30 heavy (non-hydrogen) atoms. The monoisotopic (exact) mass is 431 g/mol. The van der Waals surface area contributed by atoms with Crippen LogP contribution in [0.3, 0.4) is 0 Å². The SMILES string of the molecule is CCOC(=O)CC1(C)c2ccc(OC(F)(F)F)cc2C(=O)C1NC(=O)C(=O)OCC. The highest BCUT2D eigenvalue weighted by atomic mass is 19.4. The van der Waals surface area contributed by atoms with E-state index in [-0.39, 0.29) is 30.8 Å². The lowest BCUT2D eigenvalue weighted by atomic mass is 9.77. The third-order valence-electron chi connectivity index (χ3n) is 4.56. The minimum atomic E-state index is -4.97. The second kappa shape index (κ2) is 8.72. The van der Waals surface area contributed by atoms with Gasteiger partial charge in [-0.3, -0.25) is 14.4 Å². The summed E-state index contributed by atoms with van der Waals surface area (Å²) < 4.78 is 51.0. The number of carbonyl (C=O) groups is 4. The largest absolute Gasteiger partial charge is 0.573 e. The molecule has 1 amide bonds. The van der Waals surface area contributed by atoms with Crippen molar-refractivity contribution in [2.45, 2.75) is 45.0 Å². The van der Waals surface area contributed by atoms with Gasteiger partial charge in [0.1, 0.15) is 11.8 Å². The first-order chi connectivity index (χ1) is 13.9. The van der Waals surface area contributed by atoms with Crippen LogP contribution in [-0.4, -0.2) is 49.2 Å². The molecule has 0 radical (unpaired) electrons. The maximum Gasteiger partial charge on any atom is 0.573 e. The molecule has 11 heteroatoms. The summed E-state index contributed by atoms with van der Waals surface area (Å²) >= 11 is 0. The Balaban J connectivity index is 2.45. The Kier molecular flexibility index (Phi) is 6.73. The average molecular weight is 431 g/mol. The number of hydrogen-bond acceptors (Lipinski definition) is 7. The molecule has 2 atom stereocenters. The summed E-state index contributed by atoms with van der Waals surface area (Å²) in [5.74, 6) is -4.55. The van der Waals surface area contributed by atoms with Crippen molar-refractivity contribution in [3.05, 3.63) is 29.3 Å². The first-order valence-electron chi connectivity index (χ1n) is 9.00. The number of carbonyl (C=O) groups excluding carboxylic acids is 4. The van der Waals surface area contributed by atoms with Crippen molar-refractivity contribution in [1.29, 1.82) is 0 Å². The molecule has 8 nitrogen and oxygen atoms in total. The lowest BCUT2D eigenvalue weighted by molar-refractivity contribution is -0.274. The molecule has 1 aromatic carbocycles. The predicted octanol–water partition coefficient (Wildman–Crippen LogP) is 2.04. The van der Waals surface area contributed by atoms with Crippen molar-refractivity contribution in [2.75, 3.05) is 13.2 Å². The van der Waals surface area contributed by atoms with E-state index in [2.05, 4.69) is 14.8 Å². The average Bonchev–Trinajstić information content (AvgIpc) is 2.82. The Labute approximate surface area is 169 Å². The Hall–Kier alpha value is -3.11. The van der Waals surface area contributed by atoms with E-state index < -0.39 is 47.2 Å². The normalized spacial score (nSPS) is 20.3. The van der Waals surface area contributed by atoms with Crippen molar-refractivity contribution in [2.24, 2.45) is 0 Å². The van der Waals surface area contributed by atoms with Crippen molar-refractivity contribution < 1.29 is 46.6 Å². The van der Waals surface area contributed by atoms with Crippen LogP contribution in [0.4, 0.5) is 13.2 Å². The summed E-state index contributed by atoms with van der Waals surface area (Å²) in [6, 6.07) is 1.68. The van der Waals surface area contributed by atoms with Gasteiger partial charge in [0, 0.05) is 11.0 Å². The van der Waals surface area contributed by atoms with Crippen molar-refractivity contribution in [3.63, 3.8) is 0 Å². The van der Waals surface area contributed by atoms with Gasteiger partial charge in [0.15, 0.2) is 5.78 Å². The molecule has 0 fully saturated rings. The molecule has 1 aliphatic carbocycles. The van der Waals surface area contributed by atoms with Gasteiger partial charge in [0.25, 0.3) is 0 Å². The number of hydrogen-bond donors (Lipinski definition) is 1. The molecule has 0 saturated heterocycles. The van der Waals surface area contributed by atoms with Gasteiger partial charge in [-0.1, -0.05) is 13.0 Å². The summed E-state index contributed by atoms with van der Waals surface area (Å²) in [6.07, 6.45) is -5.34. The van der Waals surface area contributed by atoms with Crippen LogP contribution < -0.4 is 10.1 Å². The molecule has 164 valence electrons. The van der Waals surface area contributed by atoms with E-state index in [0.29, 0.717) is 0 Å². The summed E-state index contributed by atoms with van der Waals surface area (Å²) in [5, 5.41) is 2.23. The van der Waals surface area contributed by atoms with E-state index in [1.54, 1.807) is 6.92 Å². The van der Waals surface area contributed by atoms with Gasteiger partial charge >= 0.3 is 24.2 Å². The van der Waals surface area contributed by atoms with E-state index in [9.17, 15) is 32.3 Å². The highest BCUT2D eigenvalue weighted by Gasteiger charge is 2.52. The first-order valence-corrected chi connectivity index (χ1v) is 9.00. The van der Waals surface area contributed by atoms with Crippen molar-refractivity contribution >= 4 is 23.6 Å². The van der Waals surface area contributed by atoms with E-state index in [4.69, 9.17) is 4.74 Å². The third kappa shape index (κ3) is 4.89. The summed E-state index contributed by atoms with van der Waals surface area (Å²) in [4.78, 5) is 48.8. The number of ketones is 1. The standard InChI is InChI=1S/C19H20F3NO7/c1-4-28-13(24)9-18(3)12-7-6-10(30-19(20,21)22)8-11(12)14(25)15(18)23-16(26)17(27)29-5-2/h6-8,15H,4-5,9H2,1-3H3,(H,23,26). The fraction of sp³-hybridized carbons (Fsp3) is 0.474. The molecule has 0 aliphatic heterocycles. The zero-order chi connectivity index (χ0) is 22.7. The van der Waals surface area contributed by atoms with E-state index in [1.165, 1.54) is 19.9 Å². The van der Waals surface area contributed by atoms with Crippen LogP contribution in [0.5, 0.6) is 5.75 Å². The highest BCUT2D eigenvalue weighted by molar-refractivity contribution is 6.33. The molecule has 1 N–H and O–H groups in total. The molecule has 2 rings (SSSR count). The van der Waals surface area contributed by atoms with Crippen LogP contribution >= 0.6 is 0 Å². The molecule has 0 spiro atoms. The van der Waals surface area contributed by atoms with Crippen LogP contribution in [0.15, 0.2) is 18.2 Å². The van der Waals surface area contributed by atoms with Gasteiger partial charge in [-0.2, -0.15) is 0 Å². The van der Waals surface area contributed by atoms with Crippen LogP contribution in [0, 0.1) is 0 Å². The quantitative estimate of drug-likeness (QED) is 0.542. The highest BCUT2D eigenvalue weighted by Crippen LogP contribution is 2.43. The summed E-state index contributed by atoms with van der Waals surface area (Å²) in [5.41, 5.74) is -1.33. The molecule has 0 heterocycles. The van der Waals surface area contributed by atoms with Gasteiger partial charge in [-0.15, -0.1) is 13.2 Å². The van der Waals surface area contributed by atoms with Crippen LogP contribution in [-0.2, 0) is 29.3 Å². The Morgan fingerprint density at radius 2 is 1.77 bits per heavy atom. The molecule has 1 aliphatic rings. The molecule has 2 unspecified atom stereocenters. The number of fused-ring (bicyclic) bond motifs is 1. The predicted molar refractivity (Wildman–Crippen MR) is 94.6 cm³/mol. The molecular weight excluding hydrogens is 411 g/mol. The molecule has 1 aromatic rings. The third-order valence-corrected chi connectivity index (χ3v) is 4.56. The molecule has 0 bridgehead atoms. The van der Waals surface area contributed by atoms with Gasteiger partial charge < -0.3 is 19.5 Å². The number of Topliss-reactive ketones (excluding diaryl/α,β-unsaturated/α-hetero) is 1. The van der Waals surface area contributed by atoms with E-state index >= 15 is 0 Å². The maximum atomic E-state index is 12.9. The topological polar surface area (TPSA) is 108 Å². The van der Waals surface area contributed by atoms with Crippen LogP contribution in [0.2, 0.25) is 0 Å². The fourth-order valence-corrected chi connectivity index (χ4v) is 3.34. The Bertz CT molecular complexity index is 868. The van der Waals surface area contributed by atoms with E-state index in [0.717, 1.165) is 12.1 Å². The zero-order valence-electron chi connectivity index (χ0n) is 16.4. The number of rotatable bonds is 6. The fourth-order valence-electron chi connectivity index (χ4n) is 3.34. The second-order valence-electron chi connectivity index (χ2n) is 6.65. The molecular formula is C19H20F3NO7. The number of esters is 2. The molecule has 0 saturated carbocycles. The zero-order valence-corrected chi connectivity index (χ0v) is 16.4. The minimum Gasteiger partial charge on any atom is -0.466 e. The Morgan fingerprint density at radius 3 is 2.33 bits per heavy atom. The number of ether oxygens (including phenoxy) is 3. The Morgan fingerprint density at radius 1 is 1.13 bits per heavy atom. The van der Waals surface area contributed by atoms with E-state index in [1.807, 2.05) is 0 Å².